The summed E-state index contributed by atoms with van der Waals surface area (Å²) in [6.45, 7) is 8.48. The zero-order valence-electron chi connectivity index (χ0n) is 18.1. The van der Waals surface area contributed by atoms with E-state index in [1.165, 1.54) is 12.1 Å². The molecule has 0 radical (unpaired) electrons. The summed E-state index contributed by atoms with van der Waals surface area (Å²) in [5.74, 6) is 2.24. The molecule has 0 spiro atoms. The molecule has 1 fully saturated rings. The standard InChI is InChI=1S/C21H32FN7O/c1-17-25-26-20(28(17)3)15-24-21(23-9-4-10-29-11-13-30-14-12-29)27(2)16-18-5-7-19(22)8-6-18/h5-8H,4,9-16H2,1-3H3,(H,23,24). The SMILES string of the molecule is Cc1nnc(CN=C(NCCCN2CCOCC2)N(C)Cc2ccc(F)cc2)n1C. The van der Waals surface area contributed by atoms with Gasteiger partial charge in [0.1, 0.15) is 18.2 Å². The Kier molecular flexibility index (Phi) is 8.15. The van der Waals surface area contributed by atoms with Crippen LogP contribution in [0.1, 0.15) is 23.6 Å². The van der Waals surface area contributed by atoms with Crippen molar-refractivity contribution in [1.82, 2.24) is 29.9 Å². The van der Waals surface area contributed by atoms with Crippen molar-refractivity contribution in [3.05, 3.63) is 47.3 Å². The van der Waals surface area contributed by atoms with Crippen LogP contribution < -0.4 is 5.32 Å². The van der Waals surface area contributed by atoms with E-state index >= 15 is 0 Å². The van der Waals surface area contributed by atoms with E-state index in [9.17, 15) is 4.39 Å². The molecular weight excluding hydrogens is 385 g/mol. The minimum absolute atomic E-state index is 0.228. The topological polar surface area (TPSA) is 70.8 Å². The highest BCUT2D eigenvalue weighted by atomic mass is 19.1. The molecule has 1 saturated heterocycles. The predicted molar refractivity (Wildman–Crippen MR) is 115 cm³/mol. The Morgan fingerprint density at radius 1 is 1.23 bits per heavy atom. The van der Waals surface area contributed by atoms with Gasteiger partial charge in [0.2, 0.25) is 0 Å². The molecule has 1 aromatic heterocycles. The molecular formula is C21H32FN7O. The van der Waals surface area contributed by atoms with E-state index in [-0.39, 0.29) is 5.82 Å². The predicted octanol–water partition coefficient (Wildman–Crippen LogP) is 1.56. The summed E-state index contributed by atoms with van der Waals surface area (Å²) < 4.78 is 20.6. The number of rotatable bonds is 8. The van der Waals surface area contributed by atoms with E-state index in [1.807, 2.05) is 30.5 Å². The summed E-state index contributed by atoms with van der Waals surface area (Å²) in [6.07, 6.45) is 1.02. The van der Waals surface area contributed by atoms with E-state index < -0.39 is 0 Å². The lowest BCUT2D eigenvalue weighted by molar-refractivity contribution is 0.0375. The average molecular weight is 418 g/mol. The molecule has 0 unspecified atom stereocenters. The summed E-state index contributed by atoms with van der Waals surface area (Å²) in [4.78, 5) is 9.24. The van der Waals surface area contributed by atoms with Gasteiger partial charge in [-0.25, -0.2) is 9.38 Å². The normalized spacial score (nSPS) is 15.4. The van der Waals surface area contributed by atoms with Crippen molar-refractivity contribution in [2.24, 2.45) is 12.0 Å². The highest BCUT2D eigenvalue weighted by Gasteiger charge is 2.12. The second-order valence-electron chi connectivity index (χ2n) is 7.58. The molecule has 164 valence electrons. The molecule has 0 saturated carbocycles. The Morgan fingerprint density at radius 2 is 1.97 bits per heavy atom. The number of hydrogen-bond acceptors (Lipinski definition) is 5. The number of benzene rings is 1. The van der Waals surface area contributed by atoms with Crippen LogP contribution in [-0.2, 0) is 24.9 Å². The van der Waals surface area contributed by atoms with Crippen molar-refractivity contribution in [3.63, 3.8) is 0 Å². The number of nitrogens with zero attached hydrogens (tertiary/aromatic N) is 6. The Hall–Kier alpha value is -2.52. The maximum Gasteiger partial charge on any atom is 0.194 e. The van der Waals surface area contributed by atoms with Gasteiger partial charge in [-0.15, -0.1) is 10.2 Å². The quantitative estimate of drug-likeness (QED) is 0.399. The van der Waals surface area contributed by atoms with Crippen molar-refractivity contribution in [1.29, 1.82) is 0 Å². The lowest BCUT2D eigenvalue weighted by Gasteiger charge is -2.27. The van der Waals surface area contributed by atoms with Gasteiger partial charge in [0.25, 0.3) is 0 Å². The summed E-state index contributed by atoms with van der Waals surface area (Å²) in [5.41, 5.74) is 1.02. The molecule has 2 heterocycles. The van der Waals surface area contributed by atoms with Crippen LogP contribution in [0.4, 0.5) is 4.39 Å². The zero-order chi connectivity index (χ0) is 21.3. The fraction of sp³-hybridized carbons (Fsp3) is 0.571. The molecule has 2 aromatic rings. The van der Waals surface area contributed by atoms with Crippen LogP contribution >= 0.6 is 0 Å². The van der Waals surface area contributed by atoms with Crippen molar-refractivity contribution >= 4 is 5.96 Å². The van der Waals surface area contributed by atoms with Gasteiger partial charge in [0.15, 0.2) is 11.8 Å². The van der Waals surface area contributed by atoms with E-state index in [0.29, 0.717) is 13.1 Å². The van der Waals surface area contributed by atoms with Gasteiger partial charge < -0.3 is 19.5 Å². The minimum Gasteiger partial charge on any atom is -0.379 e. The van der Waals surface area contributed by atoms with Gasteiger partial charge in [0, 0.05) is 40.3 Å². The molecule has 1 N–H and O–H groups in total. The summed E-state index contributed by atoms with van der Waals surface area (Å²) >= 11 is 0. The average Bonchev–Trinajstić information content (AvgIpc) is 3.07. The third-order valence-corrected chi connectivity index (χ3v) is 5.29. The Labute approximate surface area is 177 Å². The molecule has 1 aliphatic heterocycles. The van der Waals surface area contributed by atoms with Gasteiger partial charge in [-0.1, -0.05) is 12.1 Å². The Bertz CT molecular complexity index is 815. The van der Waals surface area contributed by atoms with Crippen molar-refractivity contribution in [2.75, 3.05) is 46.4 Å². The van der Waals surface area contributed by atoms with Gasteiger partial charge in [-0.2, -0.15) is 0 Å². The fourth-order valence-electron chi connectivity index (χ4n) is 3.31. The third kappa shape index (κ3) is 6.50. The monoisotopic (exact) mass is 417 g/mol. The van der Waals surface area contributed by atoms with Crippen LogP contribution in [0.3, 0.4) is 0 Å². The van der Waals surface area contributed by atoms with E-state index in [0.717, 1.165) is 69.0 Å². The van der Waals surface area contributed by atoms with Crippen LogP contribution in [0.2, 0.25) is 0 Å². The highest BCUT2D eigenvalue weighted by Crippen LogP contribution is 2.07. The lowest BCUT2D eigenvalue weighted by atomic mass is 10.2. The van der Waals surface area contributed by atoms with Gasteiger partial charge >= 0.3 is 0 Å². The van der Waals surface area contributed by atoms with Gasteiger partial charge in [-0.05, 0) is 37.6 Å². The highest BCUT2D eigenvalue weighted by molar-refractivity contribution is 5.79. The number of halogens is 1. The fourth-order valence-corrected chi connectivity index (χ4v) is 3.31. The maximum atomic E-state index is 13.2. The van der Waals surface area contributed by atoms with Crippen molar-refractivity contribution in [3.8, 4) is 0 Å². The lowest BCUT2D eigenvalue weighted by Crippen LogP contribution is -2.41. The Balaban J connectivity index is 1.59. The number of morpholine rings is 1. The summed E-state index contributed by atoms with van der Waals surface area (Å²) in [7, 11) is 3.93. The smallest absolute Gasteiger partial charge is 0.194 e. The minimum atomic E-state index is -0.228. The first-order valence-electron chi connectivity index (χ1n) is 10.4. The van der Waals surface area contributed by atoms with Crippen LogP contribution in [0, 0.1) is 12.7 Å². The largest absolute Gasteiger partial charge is 0.379 e. The number of ether oxygens (including phenoxy) is 1. The molecule has 1 aromatic carbocycles. The molecule has 0 bridgehead atoms. The second-order valence-corrected chi connectivity index (χ2v) is 7.58. The molecule has 0 atom stereocenters. The first kappa shape index (κ1) is 22.2. The van der Waals surface area contributed by atoms with Crippen LogP contribution in [-0.4, -0.2) is 77.0 Å². The zero-order valence-corrected chi connectivity index (χ0v) is 18.1. The van der Waals surface area contributed by atoms with Gasteiger partial charge in [0.05, 0.1) is 13.2 Å². The summed E-state index contributed by atoms with van der Waals surface area (Å²) in [5, 5.41) is 11.8. The van der Waals surface area contributed by atoms with Crippen molar-refractivity contribution in [2.45, 2.75) is 26.4 Å². The molecule has 3 rings (SSSR count). The molecule has 0 aliphatic carbocycles. The van der Waals surface area contributed by atoms with Crippen LogP contribution in [0.5, 0.6) is 0 Å². The number of hydrogen-bond donors (Lipinski definition) is 1. The number of aliphatic imine (C=N–C) groups is 1. The molecule has 30 heavy (non-hydrogen) atoms. The van der Waals surface area contributed by atoms with E-state index in [1.54, 1.807) is 12.1 Å². The molecule has 1 aliphatic rings. The van der Waals surface area contributed by atoms with Crippen LogP contribution in [0.15, 0.2) is 29.3 Å². The van der Waals surface area contributed by atoms with Gasteiger partial charge in [-0.3, -0.25) is 4.90 Å². The molecule has 9 heteroatoms. The number of guanidine groups is 1. The first-order valence-corrected chi connectivity index (χ1v) is 10.4. The Morgan fingerprint density at radius 3 is 2.63 bits per heavy atom. The van der Waals surface area contributed by atoms with E-state index in [2.05, 4.69) is 20.4 Å². The molecule has 0 amide bonds. The van der Waals surface area contributed by atoms with E-state index in [4.69, 9.17) is 9.73 Å². The summed E-state index contributed by atoms with van der Waals surface area (Å²) in [6, 6.07) is 6.57. The molecule has 8 nitrogen and oxygen atoms in total. The third-order valence-electron chi connectivity index (χ3n) is 5.29. The first-order chi connectivity index (χ1) is 14.5. The number of aryl methyl sites for hydroxylation is 1. The second kappa shape index (κ2) is 11.0. The maximum absolute atomic E-state index is 13.2. The number of nitrogens with one attached hydrogen (secondary N) is 1. The number of aromatic nitrogens is 3. The van der Waals surface area contributed by atoms with Crippen molar-refractivity contribution < 1.29 is 9.13 Å². The van der Waals surface area contributed by atoms with Crippen LogP contribution in [0.25, 0.3) is 0 Å².